The molecule has 0 spiro atoms. The molecule has 26 heavy (non-hydrogen) atoms. The van der Waals surface area contributed by atoms with Crippen molar-refractivity contribution in [1.82, 2.24) is 5.32 Å². The number of rotatable bonds is 6. The fourth-order valence-electron chi connectivity index (χ4n) is 2.73. The van der Waals surface area contributed by atoms with E-state index in [0.29, 0.717) is 25.3 Å². The zero-order valence-electron chi connectivity index (χ0n) is 14.2. The average Bonchev–Trinajstić information content (AvgIpc) is 2.63. The van der Waals surface area contributed by atoms with Gasteiger partial charge < -0.3 is 20.5 Å². The van der Waals surface area contributed by atoms with Gasteiger partial charge in [0.05, 0.1) is 5.56 Å². The second-order valence-corrected chi connectivity index (χ2v) is 5.96. The average molecular weight is 381 g/mol. The third-order valence-corrected chi connectivity index (χ3v) is 4.09. The van der Waals surface area contributed by atoms with Crippen LogP contribution >= 0.6 is 12.4 Å². The molecule has 0 radical (unpaired) electrons. The van der Waals surface area contributed by atoms with E-state index in [1.165, 1.54) is 0 Å². The van der Waals surface area contributed by atoms with Gasteiger partial charge in [-0.05, 0) is 30.7 Å². The number of nitrogens with one attached hydrogen (secondary N) is 1. The Bertz CT molecular complexity index is 730. The van der Waals surface area contributed by atoms with E-state index in [1.54, 1.807) is 18.2 Å². The maximum absolute atomic E-state index is 14.0. The normalized spacial score (nSPS) is 19.3. The lowest BCUT2D eigenvalue weighted by Crippen LogP contribution is -2.44. The highest BCUT2D eigenvalue weighted by Crippen LogP contribution is 2.28. The summed E-state index contributed by atoms with van der Waals surface area (Å²) < 4.78 is 25.5. The number of nitrogens with two attached hydrogens (primary N) is 1. The summed E-state index contributed by atoms with van der Waals surface area (Å²) in [6.45, 7) is 1.29. The van der Waals surface area contributed by atoms with Crippen LogP contribution in [-0.4, -0.2) is 31.3 Å². The highest BCUT2D eigenvalue weighted by atomic mass is 35.5. The van der Waals surface area contributed by atoms with Gasteiger partial charge in [-0.3, -0.25) is 4.79 Å². The van der Waals surface area contributed by atoms with Gasteiger partial charge in [-0.1, -0.05) is 30.3 Å². The minimum atomic E-state index is -1.14. The van der Waals surface area contributed by atoms with Crippen molar-refractivity contribution in [3.63, 3.8) is 0 Å². The Kier molecular flexibility index (Phi) is 7.24. The highest BCUT2D eigenvalue weighted by Gasteiger charge is 2.27. The summed E-state index contributed by atoms with van der Waals surface area (Å²) in [5.41, 5.74) is 6.64. The Morgan fingerprint density at radius 1 is 1.23 bits per heavy atom. The first-order valence-corrected chi connectivity index (χ1v) is 8.25. The Balaban J connectivity index is 0.00000243. The van der Waals surface area contributed by atoms with Crippen molar-refractivity contribution in [2.75, 3.05) is 13.1 Å². The van der Waals surface area contributed by atoms with Crippen molar-refractivity contribution >= 4 is 18.3 Å². The van der Waals surface area contributed by atoms with Gasteiger partial charge in [0.15, 0.2) is 0 Å². The molecule has 1 aliphatic heterocycles. The molecule has 1 saturated heterocycles. The Morgan fingerprint density at radius 3 is 2.69 bits per heavy atom. The number of piperidine rings is 1. The van der Waals surface area contributed by atoms with E-state index in [1.807, 2.05) is 30.3 Å². The maximum Gasteiger partial charge on any atom is 0.252 e. The molecule has 2 aromatic carbocycles. The number of hydrogen-bond acceptors (Lipinski definition) is 4. The molecule has 1 aliphatic rings. The van der Waals surface area contributed by atoms with Crippen LogP contribution in [0.25, 0.3) is 0 Å². The van der Waals surface area contributed by atoms with E-state index >= 15 is 0 Å². The lowest BCUT2D eigenvalue weighted by molar-refractivity contribution is 0.0711. The van der Waals surface area contributed by atoms with Crippen LogP contribution in [-0.2, 0) is 6.61 Å². The zero-order valence-corrected chi connectivity index (χ0v) is 15.0. The van der Waals surface area contributed by atoms with Crippen LogP contribution in [0.5, 0.6) is 11.5 Å². The minimum Gasteiger partial charge on any atom is -0.489 e. The molecule has 140 valence electrons. The van der Waals surface area contributed by atoms with E-state index in [9.17, 15) is 9.18 Å². The maximum atomic E-state index is 14.0. The molecule has 1 heterocycles. The largest absolute Gasteiger partial charge is 0.489 e. The van der Waals surface area contributed by atoms with Crippen molar-refractivity contribution in [3.8, 4) is 11.5 Å². The zero-order chi connectivity index (χ0) is 17.6. The molecule has 0 aliphatic carbocycles. The summed E-state index contributed by atoms with van der Waals surface area (Å²) in [7, 11) is 0. The molecule has 7 heteroatoms. The number of halogens is 2. The summed E-state index contributed by atoms with van der Waals surface area (Å²) in [5.74, 6) is 0.176. The molecule has 1 amide bonds. The monoisotopic (exact) mass is 380 g/mol. The second kappa shape index (κ2) is 9.40. The van der Waals surface area contributed by atoms with Gasteiger partial charge in [-0.15, -0.1) is 12.4 Å². The van der Waals surface area contributed by atoms with Crippen LogP contribution in [0.1, 0.15) is 22.3 Å². The predicted octanol–water partition coefficient (Wildman–Crippen LogP) is 2.87. The van der Waals surface area contributed by atoms with Gasteiger partial charge >= 0.3 is 0 Å². The number of alkyl halides is 1. The minimum absolute atomic E-state index is 0. The molecule has 5 nitrogen and oxygen atoms in total. The molecule has 0 saturated carbocycles. The molecule has 2 atom stereocenters. The SMILES string of the molecule is Cl.NC(=O)c1ccc(OCc2ccccc2)cc1O[C@H]1CCNC[C@@H]1F. The first-order chi connectivity index (χ1) is 12.1. The van der Waals surface area contributed by atoms with Gasteiger partial charge in [-0.25, -0.2) is 4.39 Å². The molecule has 0 unspecified atom stereocenters. The summed E-state index contributed by atoms with van der Waals surface area (Å²) in [5, 5.41) is 2.97. The van der Waals surface area contributed by atoms with Gasteiger partial charge in [-0.2, -0.15) is 0 Å². The highest BCUT2D eigenvalue weighted by molar-refractivity contribution is 5.95. The van der Waals surface area contributed by atoms with E-state index in [4.69, 9.17) is 15.2 Å². The summed E-state index contributed by atoms with van der Waals surface area (Å²) in [6.07, 6.45) is -1.22. The van der Waals surface area contributed by atoms with Crippen molar-refractivity contribution in [2.24, 2.45) is 5.73 Å². The van der Waals surface area contributed by atoms with Crippen molar-refractivity contribution in [3.05, 3.63) is 59.7 Å². The standard InChI is InChI=1S/C19H21FN2O3.ClH/c20-16-11-22-9-8-17(16)25-18-10-14(6-7-15(18)19(21)23)24-12-13-4-2-1-3-5-13;/h1-7,10,16-17,22H,8-9,11-12H2,(H2,21,23);1H/t16-,17-;/m0./s1. The van der Waals surface area contributed by atoms with Crippen LogP contribution < -0.4 is 20.5 Å². The van der Waals surface area contributed by atoms with Gasteiger partial charge in [0, 0.05) is 12.6 Å². The fourth-order valence-corrected chi connectivity index (χ4v) is 2.73. The van der Waals surface area contributed by atoms with Gasteiger partial charge in [0.25, 0.3) is 5.91 Å². The Hall–Kier alpha value is -2.31. The number of amides is 1. The van der Waals surface area contributed by atoms with Crippen molar-refractivity contribution < 1.29 is 18.7 Å². The van der Waals surface area contributed by atoms with Gasteiger partial charge in [0.1, 0.15) is 30.4 Å². The molecule has 0 bridgehead atoms. The molecular formula is C19H22ClFN2O3. The third kappa shape index (κ3) is 5.09. The first-order valence-electron chi connectivity index (χ1n) is 8.25. The topological polar surface area (TPSA) is 73.6 Å². The van der Waals surface area contributed by atoms with Crippen LogP contribution in [0.3, 0.4) is 0 Å². The third-order valence-electron chi connectivity index (χ3n) is 4.09. The smallest absolute Gasteiger partial charge is 0.252 e. The van der Waals surface area contributed by atoms with Crippen LogP contribution in [0.2, 0.25) is 0 Å². The Labute approximate surface area is 158 Å². The summed E-state index contributed by atoms with van der Waals surface area (Å²) >= 11 is 0. The number of ether oxygens (including phenoxy) is 2. The fraction of sp³-hybridized carbons (Fsp3) is 0.316. The molecule has 3 N–H and O–H groups in total. The van der Waals surface area contributed by atoms with Crippen LogP contribution in [0, 0.1) is 0 Å². The quantitative estimate of drug-likeness (QED) is 0.808. The van der Waals surface area contributed by atoms with Gasteiger partial charge in [0.2, 0.25) is 0 Å². The first kappa shape index (κ1) is 20.0. The van der Waals surface area contributed by atoms with Crippen LogP contribution in [0.4, 0.5) is 4.39 Å². The number of benzene rings is 2. The molecule has 3 rings (SSSR count). The van der Waals surface area contributed by atoms with Crippen molar-refractivity contribution in [2.45, 2.75) is 25.3 Å². The van der Waals surface area contributed by atoms with Crippen LogP contribution in [0.15, 0.2) is 48.5 Å². The van der Waals surface area contributed by atoms with E-state index < -0.39 is 18.2 Å². The van der Waals surface area contributed by atoms with E-state index in [0.717, 1.165) is 5.56 Å². The molecule has 0 aromatic heterocycles. The molecular weight excluding hydrogens is 359 g/mol. The number of carbonyl (C=O) groups excluding carboxylic acids is 1. The van der Waals surface area contributed by atoms with Crippen molar-refractivity contribution in [1.29, 1.82) is 0 Å². The number of primary amides is 1. The summed E-state index contributed by atoms with van der Waals surface area (Å²) in [6, 6.07) is 14.5. The Morgan fingerprint density at radius 2 is 2.00 bits per heavy atom. The summed E-state index contributed by atoms with van der Waals surface area (Å²) in [4.78, 5) is 11.6. The number of carbonyl (C=O) groups is 1. The van der Waals surface area contributed by atoms with E-state index in [-0.39, 0.29) is 30.3 Å². The predicted molar refractivity (Wildman–Crippen MR) is 99.8 cm³/mol. The lowest BCUT2D eigenvalue weighted by atomic mass is 10.1. The molecule has 1 fully saturated rings. The van der Waals surface area contributed by atoms with E-state index in [2.05, 4.69) is 5.32 Å². The molecule has 2 aromatic rings. The lowest BCUT2D eigenvalue weighted by Gasteiger charge is -2.28. The number of hydrogen-bond donors (Lipinski definition) is 2. The second-order valence-electron chi connectivity index (χ2n) is 5.96.